The average molecular weight is 573 g/mol. The van der Waals surface area contributed by atoms with Crippen LogP contribution in [0, 0.1) is 11.3 Å². The van der Waals surface area contributed by atoms with Crippen molar-refractivity contribution in [1.29, 1.82) is 0 Å². The second-order valence-corrected chi connectivity index (χ2v) is 11.3. The Morgan fingerprint density at radius 1 is 1.05 bits per heavy atom. The molecule has 6 heteroatoms. The van der Waals surface area contributed by atoms with Crippen molar-refractivity contribution in [3.63, 3.8) is 0 Å². The number of halogens is 1. The van der Waals surface area contributed by atoms with Crippen LogP contribution >= 0.6 is 11.6 Å². The van der Waals surface area contributed by atoms with E-state index in [1.54, 1.807) is 18.2 Å². The lowest BCUT2D eigenvalue weighted by Gasteiger charge is -2.36. The minimum absolute atomic E-state index is 0.0972. The van der Waals surface area contributed by atoms with Gasteiger partial charge in [0.1, 0.15) is 5.75 Å². The number of likely N-dealkylation sites (N-methyl/N-ethyl adjacent to an activating group) is 1. The molecule has 2 aromatic carbocycles. The molecule has 0 unspecified atom stereocenters. The van der Waals surface area contributed by atoms with Crippen molar-refractivity contribution in [1.82, 2.24) is 5.32 Å². The molecule has 2 rings (SSSR count). The zero-order valence-corrected chi connectivity index (χ0v) is 27.9. The van der Waals surface area contributed by atoms with Gasteiger partial charge in [-0.05, 0) is 80.0 Å². The SMILES string of the molecule is CC.CC.CN[C@](C)(/C(=C\N(C=O)c1ccc(C(C)=O)c(OC)c1)C(C)C)c1ccc(CCC(C)(C)C)c(Cl)c1. The number of aryl methyl sites for hydroxylation is 1. The van der Waals surface area contributed by atoms with Crippen LogP contribution in [0.4, 0.5) is 5.69 Å². The molecule has 0 saturated carbocycles. The first-order valence-electron chi connectivity index (χ1n) is 14.4. The van der Waals surface area contributed by atoms with Gasteiger partial charge in [0.15, 0.2) is 5.78 Å². The summed E-state index contributed by atoms with van der Waals surface area (Å²) in [6.07, 6.45) is 4.59. The monoisotopic (exact) mass is 572 g/mol. The maximum absolute atomic E-state index is 12.2. The highest BCUT2D eigenvalue weighted by Gasteiger charge is 2.32. The fourth-order valence-electron chi connectivity index (χ4n) is 4.33. The highest BCUT2D eigenvalue weighted by molar-refractivity contribution is 6.31. The van der Waals surface area contributed by atoms with Crippen LogP contribution in [0.2, 0.25) is 5.02 Å². The topological polar surface area (TPSA) is 58.6 Å². The molecule has 0 aliphatic carbocycles. The van der Waals surface area contributed by atoms with Gasteiger partial charge in [-0.25, -0.2) is 0 Å². The summed E-state index contributed by atoms with van der Waals surface area (Å²) in [4.78, 5) is 25.7. The zero-order chi connectivity index (χ0) is 31.3. The Bertz CT molecular complexity index is 1120. The number of benzene rings is 2. The molecule has 1 N–H and O–H groups in total. The van der Waals surface area contributed by atoms with Gasteiger partial charge in [-0.3, -0.25) is 14.5 Å². The largest absolute Gasteiger partial charge is 0.496 e. The molecule has 1 atom stereocenters. The van der Waals surface area contributed by atoms with Crippen molar-refractivity contribution in [2.75, 3.05) is 19.1 Å². The van der Waals surface area contributed by atoms with Gasteiger partial charge in [-0.15, -0.1) is 0 Å². The molecule has 0 saturated heterocycles. The molecular weight excluding hydrogens is 520 g/mol. The first-order valence-corrected chi connectivity index (χ1v) is 14.8. The number of methoxy groups -OCH3 is 1. The fraction of sp³-hybridized carbons (Fsp3) is 0.529. The highest BCUT2D eigenvalue weighted by Crippen LogP contribution is 2.37. The lowest BCUT2D eigenvalue weighted by atomic mass is 9.78. The fourth-order valence-corrected chi connectivity index (χ4v) is 4.60. The number of Topliss-reactive ketones (excluding diaryl/α,β-unsaturated/α-hetero) is 1. The first kappa shape index (κ1) is 37.4. The molecule has 0 aliphatic heterocycles. The van der Waals surface area contributed by atoms with Gasteiger partial charge in [-0.1, -0.05) is 86.0 Å². The molecule has 0 bridgehead atoms. The Kier molecular flexibility index (Phi) is 16.1. The van der Waals surface area contributed by atoms with Crippen LogP contribution in [-0.4, -0.2) is 26.4 Å². The van der Waals surface area contributed by atoms with Gasteiger partial charge in [-0.2, -0.15) is 0 Å². The molecular formula is C34H53ClN2O3. The standard InChI is InChI=1S/C30H41ClN2O3.2C2H6/c1-20(2)26(18-33(19-34)24-12-13-25(21(3)35)28(17-24)36-9)30(7,32-8)23-11-10-22(27(31)16-23)14-15-29(4,5)6;2*1-2/h10-13,16-20,32H,14-15H2,1-9H3;2*1-2H3/b26-18-;;/t30-;;/m0../s1. The molecule has 2 aromatic rings. The minimum Gasteiger partial charge on any atom is -0.496 e. The molecule has 0 radical (unpaired) electrons. The van der Waals surface area contributed by atoms with Crippen molar-refractivity contribution < 1.29 is 14.3 Å². The molecule has 40 heavy (non-hydrogen) atoms. The third kappa shape index (κ3) is 10.1. The van der Waals surface area contributed by atoms with Crippen molar-refractivity contribution in [2.45, 2.75) is 94.5 Å². The lowest BCUT2D eigenvalue weighted by molar-refractivity contribution is -0.107. The number of amides is 1. The molecule has 0 fully saturated rings. The Balaban J connectivity index is 0.00000363. The number of hydrogen-bond donors (Lipinski definition) is 1. The van der Waals surface area contributed by atoms with E-state index in [9.17, 15) is 9.59 Å². The van der Waals surface area contributed by atoms with E-state index in [1.807, 2.05) is 47.0 Å². The quantitative estimate of drug-likeness (QED) is 0.215. The van der Waals surface area contributed by atoms with E-state index >= 15 is 0 Å². The van der Waals surface area contributed by atoms with Crippen LogP contribution in [0.25, 0.3) is 0 Å². The Labute approximate surface area is 249 Å². The van der Waals surface area contributed by atoms with E-state index in [2.05, 4.69) is 59.0 Å². The summed E-state index contributed by atoms with van der Waals surface area (Å²) in [5.74, 6) is 0.447. The summed E-state index contributed by atoms with van der Waals surface area (Å²) in [7, 11) is 3.42. The van der Waals surface area contributed by atoms with E-state index in [0.29, 0.717) is 17.0 Å². The lowest BCUT2D eigenvalue weighted by Crippen LogP contribution is -2.41. The predicted octanol–water partition coefficient (Wildman–Crippen LogP) is 9.22. The summed E-state index contributed by atoms with van der Waals surface area (Å²) in [5.41, 5.74) is 3.90. The maximum Gasteiger partial charge on any atom is 0.218 e. The Morgan fingerprint density at radius 3 is 2.08 bits per heavy atom. The second kappa shape index (κ2) is 17.2. The molecule has 0 heterocycles. The summed E-state index contributed by atoms with van der Waals surface area (Å²) < 4.78 is 5.41. The molecule has 0 aliphatic rings. The minimum atomic E-state index is -0.578. The smallest absolute Gasteiger partial charge is 0.218 e. The number of hydrogen-bond acceptors (Lipinski definition) is 4. The van der Waals surface area contributed by atoms with Gasteiger partial charge >= 0.3 is 0 Å². The summed E-state index contributed by atoms with van der Waals surface area (Å²) in [6.45, 7) is 22.5. The predicted molar refractivity (Wildman–Crippen MR) is 173 cm³/mol. The van der Waals surface area contributed by atoms with Crippen LogP contribution < -0.4 is 15.0 Å². The highest BCUT2D eigenvalue weighted by atomic mass is 35.5. The maximum atomic E-state index is 12.2. The number of nitrogens with zero attached hydrogens (tertiary/aromatic N) is 1. The van der Waals surface area contributed by atoms with Crippen LogP contribution in [0.15, 0.2) is 48.2 Å². The first-order chi connectivity index (χ1) is 18.8. The van der Waals surface area contributed by atoms with Crippen molar-refractivity contribution in [3.05, 3.63) is 69.9 Å². The molecule has 1 amide bonds. The Morgan fingerprint density at radius 2 is 1.65 bits per heavy atom. The second-order valence-electron chi connectivity index (χ2n) is 10.9. The zero-order valence-electron chi connectivity index (χ0n) is 27.2. The normalized spacial score (nSPS) is 12.8. The van der Waals surface area contributed by atoms with E-state index in [4.69, 9.17) is 16.3 Å². The van der Waals surface area contributed by atoms with E-state index in [1.165, 1.54) is 18.9 Å². The van der Waals surface area contributed by atoms with Gasteiger partial charge < -0.3 is 10.1 Å². The number of ketones is 1. The van der Waals surface area contributed by atoms with Crippen LogP contribution in [0.3, 0.4) is 0 Å². The van der Waals surface area contributed by atoms with E-state index in [-0.39, 0.29) is 17.1 Å². The summed E-state index contributed by atoms with van der Waals surface area (Å²) >= 11 is 6.75. The van der Waals surface area contributed by atoms with Crippen molar-refractivity contribution in [3.8, 4) is 5.75 Å². The number of nitrogens with one attached hydrogen (secondary N) is 1. The van der Waals surface area contributed by atoms with E-state index < -0.39 is 5.54 Å². The van der Waals surface area contributed by atoms with Gasteiger partial charge in [0, 0.05) is 17.3 Å². The third-order valence-corrected chi connectivity index (χ3v) is 7.08. The van der Waals surface area contributed by atoms with Crippen LogP contribution in [-0.2, 0) is 16.8 Å². The molecule has 0 spiro atoms. The molecule has 224 valence electrons. The summed E-state index contributed by atoms with van der Waals surface area (Å²) in [5, 5.41) is 4.22. The number of rotatable bonds is 11. The number of carbonyl (C=O) groups is 2. The van der Waals surface area contributed by atoms with E-state index in [0.717, 1.165) is 41.0 Å². The average Bonchev–Trinajstić information content (AvgIpc) is 2.93. The number of carbonyl (C=O) groups excluding carboxylic acids is 2. The summed E-state index contributed by atoms with van der Waals surface area (Å²) in [6, 6.07) is 11.4. The number of ether oxygens (including phenoxy) is 1. The Hall–Kier alpha value is -2.63. The van der Waals surface area contributed by atoms with Gasteiger partial charge in [0.05, 0.1) is 23.9 Å². The molecule has 5 nitrogen and oxygen atoms in total. The van der Waals surface area contributed by atoms with Gasteiger partial charge in [0.25, 0.3) is 0 Å². The number of anilines is 1. The molecule has 0 aromatic heterocycles. The van der Waals surface area contributed by atoms with Crippen LogP contribution in [0.1, 0.15) is 104 Å². The third-order valence-electron chi connectivity index (χ3n) is 6.73. The van der Waals surface area contributed by atoms with Gasteiger partial charge in [0.2, 0.25) is 6.41 Å². The van der Waals surface area contributed by atoms with Crippen molar-refractivity contribution >= 4 is 29.5 Å². The van der Waals surface area contributed by atoms with Crippen LogP contribution in [0.5, 0.6) is 5.75 Å². The van der Waals surface area contributed by atoms with Crippen molar-refractivity contribution in [2.24, 2.45) is 11.3 Å².